The van der Waals surface area contributed by atoms with Gasteiger partial charge in [0.05, 0.1) is 18.1 Å². The number of hydrogen-bond acceptors (Lipinski definition) is 4. The maximum absolute atomic E-state index is 13.5. The minimum atomic E-state index is -4.77. The number of sulfone groups is 1. The van der Waals surface area contributed by atoms with E-state index in [1.165, 1.54) is 77.0 Å². The molecular weight excluding hydrogens is 430 g/mol. The first kappa shape index (κ1) is 30.0. The van der Waals surface area contributed by atoms with Crippen LogP contribution in [0.5, 0.6) is 0 Å². The molecule has 182 valence electrons. The van der Waals surface area contributed by atoms with E-state index in [-0.39, 0.29) is 5.75 Å². The van der Waals surface area contributed by atoms with Crippen LogP contribution in [-0.2, 0) is 18.9 Å². The monoisotopic (exact) mass is 474 g/mol. The van der Waals surface area contributed by atoms with Crippen LogP contribution in [0.2, 0.25) is 0 Å². The van der Waals surface area contributed by atoms with Gasteiger partial charge in [-0.05, 0) is 6.42 Å². The zero-order chi connectivity index (χ0) is 22.7. The fraction of sp³-hybridized carbons (Fsp3) is 1.00. The lowest BCUT2D eigenvalue weighted by Gasteiger charge is -2.10. The van der Waals surface area contributed by atoms with Crippen molar-refractivity contribution in [2.24, 2.45) is 0 Å². The highest BCUT2D eigenvalue weighted by Crippen LogP contribution is 2.35. The first-order chi connectivity index (χ1) is 14.2. The molecule has 1 unspecified atom stereocenters. The van der Waals surface area contributed by atoms with Crippen molar-refractivity contribution in [3.8, 4) is 0 Å². The lowest BCUT2D eigenvalue weighted by Crippen LogP contribution is -2.23. The average Bonchev–Trinajstić information content (AvgIpc) is 2.65. The zero-order valence-electron chi connectivity index (χ0n) is 18.8. The molecule has 0 saturated heterocycles. The molecule has 0 aromatic heterocycles. The molecule has 1 atom stereocenters. The Balaban J connectivity index is 3.45. The summed E-state index contributed by atoms with van der Waals surface area (Å²) in [4.78, 5) is 17.0. The molecule has 0 aromatic carbocycles. The molecule has 0 bridgehead atoms. The molecule has 0 amide bonds. The van der Waals surface area contributed by atoms with Gasteiger partial charge in [0.15, 0.2) is 9.84 Å². The summed E-state index contributed by atoms with van der Waals surface area (Å²) in [7, 11) is -8.35. The molecule has 0 aromatic rings. The molecule has 0 aliphatic heterocycles. The summed E-state index contributed by atoms with van der Waals surface area (Å²) in [6, 6.07) is 0. The van der Waals surface area contributed by atoms with Crippen molar-refractivity contribution >= 4 is 17.7 Å². The van der Waals surface area contributed by atoms with Crippen LogP contribution in [0, 0.1) is 0 Å². The highest BCUT2D eigenvalue weighted by atomic mass is 32.2. The second-order valence-corrected chi connectivity index (χ2v) is 11.8. The Morgan fingerprint density at radius 1 is 0.767 bits per heavy atom. The third-order valence-electron chi connectivity index (χ3n) is 5.17. The van der Waals surface area contributed by atoms with E-state index < -0.39 is 36.2 Å². The van der Waals surface area contributed by atoms with Gasteiger partial charge >= 0.3 is 7.82 Å². The molecule has 0 radical (unpaired) electrons. The van der Waals surface area contributed by atoms with E-state index in [1.807, 2.05) is 0 Å². The minimum Gasteiger partial charge on any atom is -0.303 e. The van der Waals surface area contributed by atoms with Gasteiger partial charge in [-0.1, -0.05) is 103 Å². The van der Waals surface area contributed by atoms with Crippen LogP contribution in [0.4, 0.5) is 4.39 Å². The average molecular weight is 475 g/mol. The fourth-order valence-electron chi connectivity index (χ4n) is 3.46. The molecule has 2 N–H and O–H groups in total. The lowest BCUT2D eigenvalue weighted by atomic mass is 10.0. The van der Waals surface area contributed by atoms with Gasteiger partial charge in [-0.15, -0.1) is 0 Å². The van der Waals surface area contributed by atoms with E-state index in [0.717, 1.165) is 19.3 Å². The van der Waals surface area contributed by atoms with Crippen molar-refractivity contribution in [1.29, 1.82) is 0 Å². The van der Waals surface area contributed by atoms with Gasteiger partial charge in [-0.3, -0.25) is 4.52 Å². The molecule has 0 saturated carbocycles. The first-order valence-electron chi connectivity index (χ1n) is 11.7. The standard InChI is InChI=1S/C21H44FO6PS/c1-2-3-4-5-6-7-8-9-10-11-12-13-14-15-16-17-18-30(26,27)20-21(22)19-28-29(23,24)25/h21H,2-20H2,1H3,(H2,23,24,25). The first-order valence-corrected chi connectivity index (χ1v) is 15.1. The van der Waals surface area contributed by atoms with Crippen LogP contribution < -0.4 is 0 Å². The van der Waals surface area contributed by atoms with Crippen LogP contribution in [0.25, 0.3) is 0 Å². The molecule has 0 aliphatic rings. The number of hydrogen-bond donors (Lipinski definition) is 2. The van der Waals surface area contributed by atoms with Crippen molar-refractivity contribution < 1.29 is 31.7 Å². The predicted octanol–water partition coefficient (Wildman–Crippen LogP) is 6.11. The number of phosphoric acid groups is 1. The third-order valence-corrected chi connectivity index (χ3v) is 7.43. The molecule has 9 heteroatoms. The van der Waals surface area contributed by atoms with E-state index in [9.17, 15) is 17.4 Å². The summed E-state index contributed by atoms with van der Waals surface area (Å²) in [6.07, 6.45) is 17.3. The summed E-state index contributed by atoms with van der Waals surface area (Å²) in [6.45, 7) is 1.33. The van der Waals surface area contributed by atoms with Crippen molar-refractivity contribution in [3.63, 3.8) is 0 Å². The second kappa shape index (κ2) is 18.6. The Morgan fingerprint density at radius 2 is 1.13 bits per heavy atom. The number of unbranched alkanes of at least 4 members (excludes halogenated alkanes) is 15. The Hall–Kier alpha value is -0.0100. The summed E-state index contributed by atoms with van der Waals surface area (Å²) in [5.74, 6) is -0.854. The Labute approximate surface area is 183 Å². The molecule has 6 nitrogen and oxygen atoms in total. The number of rotatable bonds is 22. The second-order valence-electron chi connectivity index (χ2n) is 8.30. The molecule has 30 heavy (non-hydrogen) atoms. The third kappa shape index (κ3) is 22.7. The highest BCUT2D eigenvalue weighted by molar-refractivity contribution is 7.91. The van der Waals surface area contributed by atoms with Crippen LogP contribution >= 0.6 is 7.82 Å². The highest BCUT2D eigenvalue weighted by Gasteiger charge is 2.22. The van der Waals surface area contributed by atoms with Gasteiger partial charge in [0.1, 0.15) is 6.17 Å². The van der Waals surface area contributed by atoms with Gasteiger partial charge in [0, 0.05) is 0 Å². The van der Waals surface area contributed by atoms with Crippen LogP contribution in [0.15, 0.2) is 0 Å². The maximum atomic E-state index is 13.5. The number of halogens is 1. The Morgan fingerprint density at radius 3 is 1.50 bits per heavy atom. The van der Waals surface area contributed by atoms with Gasteiger partial charge in [0.25, 0.3) is 0 Å². The maximum Gasteiger partial charge on any atom is 0.469 e. The molecule has 0 fully saturated rings. The van der Waals surface area contributed by atoms with E-state index in [0.29, 0.717) is 6.42 Å². The summed E-state index contributed by atoms with van der Waals surface area (Å²) >= 11 is 0. The molecule has 0 heterocycles. The molecular formula is C21H44FO6PS. The summed E-state index contributed by atoms with van der Waals surface area (Å²) in [5, 5.41) is 0. The van der Waals surface area contributed by atoms with Crippen molar-refractivity contribution in [2.75, 3.05) is 18.1 Å². The zero-order valence-corrected chi connectivity index (χ0v) is 20.5. The lowest BCUT2D eigenvalue weighted by molar-refractivity contribution is 0.152. The van der Waals surface area contributed by atoms with Crippen LogP contribution in [0.3, 0.4) is 0 Å². The van der Waals surface area contributed by atoms with E-state index in [1.54, 1.807) is 0 Å². The van der Waals surface area contributed by atoms with Gasteiger partial charge in [0.2, 0.25) is 0 Å². The van der Waals surface area contributed by atoms with E-state index in [2.05, 4.69) is 11.4 Å². The quantitative estimate of drug-likeness (QED) is 0.145. The van der Waals surface area contributed by atoms with Gasteiger partial charge in [-0.25, -0.2) is 17.4 Å². The largest absolute Gasteiger partial charge is 0.469 e. The number of alkyl halides is 1. The van der Waals surface area contributed by atoms with Crippen molar-refractivity contribution in [2.45, 2.75) is 116 Å². The molecule has 0 spiro atoms. The predicted molar refractivity (Wildman–Crippen MR) is 121 cm³/mol. The Kier molecular flexibility index (Phi) is 18.5. The van der Waals surface area contributed by atoms with Crippen molar-refractivity contribution in [1.82, 2.24) is 0 Å². The number of phosphoric ester groups is 1. The summed E-state index contributed by atoms with van der Waals surface area (Å²) < 4.78 is 51.6. The van der Waals surface area contributed by atoms with Crippen molar-refractivity contribution in [3.05, 3.63) is 0 Å². The van der Waals surface area contributed by atoms with E-state index >= 15 is 0 Å². The molecule has 0 aliphatic carbocycles. The van der Waals surface area contributed by atoms with Gasteiger partial charge in [-0.2, -0.15) is 0 Å². The SMILES string of the molecule is CCCCCCCCCCCCCCCCCCS(=O)(=O)CC(F)COP(=O)(O)O. The smallest absolute Gasteiger partial charge is 0.303 e. The normalized spacial score (nSPS) is 13.6. The Bertz CT molecular complexity index is 538. The van der Waals surface area contributed by atoms with Gasteiger partial charge < -0.3 is 9.79 Å². The van der Waals surface area contributed by atoms with Crippen LogP contribution in [-0.4, -0.2) is 42.5 Å². The topological polar surface area (TPSA) is 101 Å². The summed E-state index contributed by atoms with van der Waals surface area (Å²) in [5.41, 5.74) is 0. The minimum absolute atomic E-state index is 0.0955. The fourth-order valence-corrected chi connectivity index (χ4v) is 5.27. The van der Waals surface area contributed by atoms with E-state index in [4.69, 9.17) is 9.79 Å². The van der Waals surface area contributed by atoms with Crippen LogP contribution in [0.1, 0.15) is 110 Å². The molecule has 0 rings (SSSR count).